The van der Waals surface area contributed by atoms with E-state index in [9.17, 15) is 14.4 Å². The molecule has 5 nitrogen and oxygen atoms in total. The number of aromatic nitrogens is 1. The highest BCUT2D eigenvalue weighted by atomic mass is 35.5. The topological polar surface area (TPSA) is 76.2 Å². The lowest BCUT2D eigenvalue weighted by Crippen LogP contribution is -2.25. The van der Waals surface area contributed by atoms with Crippen molar-refractivity contribution in [3.05, 3.63) is 68.1 Å². The Bertz CT molecular complexity index is 823. The van der Waals surface area contributed by atoms with Gasteiger partial charge in [-0.15, -0.1) is 0 Å². The van der Waals surface area contributed by atoms with Crippen molar-refractivity contribution < 1.29 is 14.3 Å². The minimum Gasteiger partial charge on any atom is -0.457 e. The summed E-state index contributed by atoms with van der Waals surface area (Å²) in [7, 11) is 0. The van der Waals surface area contributed by atoms with Gasteiger partial charge in [0.15, 0.2) is 5.78 Å². The number of pyridine rings is 1. The molecule has 0 amide bonds. The van der Waals surface area contributed by atoms with Gasteiger partial charge in [-0.2, -0.15) is 0 Å². The second-order valence-electron chi connectivity index (χ2n) is 5.38. The number of hydrogen-bond donors (Lipinski definition) is 1. The van der Waals surface area contributed by atoms with Crippen molar-refractivity contribution in [2.75, 3.05) is 0 Å². The molecule has 0 radical (unpaired) electrons. The van der Waals surface area contributed by atoms with Crippen molar-refractivity contribution in [2.45, 2.75) is 25.9 Å². The number of nitrogens with one attached hydrogen (secondary N) is 1. The highest BCUT2D eigenvalue weighted by Gasteiger charge is 2.22. The smallest absolute Gasteiger partial charge is 0.344 e. The van der Waals surface area contributed by atoms with E-state index in [1.54, 1.807) is 24.3 Å². The summed E-state index contributed by atoms with van der Waals surface area (Å²) in [5.41, 5.74) is 1.09. The van der Waals surface area contributed by atoms with E-state index < -0.39 is 11.5 Å². The molecule has 0 fully saturated rings. The van der Waals surface area contributed by atoms with Crippen LogP contribution in [0.1, 0.15) is 44.8 Å². The van der Waals surface area contributed by atoms with Crippen LogP contribution in [0.15, 0.2) is 35.1 Å². The van der Waals surface area contributed by atoms with Crippen LogP contribution in [0.4, 0.5) is 0 Å². The quantitative estimate of drug-likeness (QED) is 0.877. The standard InChI is InChI=1S/C17H14ClNO4/c18-11-6-4-10(5-7-11)9-23-17(22)13-8-12-14(19-16(13)21)2-1-3-15(12)20/h4-8H,1-3,9H2,(H,19,21). The maximum absolute atomic E-state index is 12.1. The van der Waals surface area contributed by atoms with E-state index in [4.69, 9.17) is 16.3 Å². The van der Waals surface area contributed by atoms with E-state index >= 15 is 0 Å². The second-order valence-corrected chi connectivity index (χ2v) is 5.82. The van der Waals surface area contributed by atoms with Crippen LogP contribution in [0.5, 0.6) is 0 Å². The van der Waals surface area contributed by atoms with Crippen molar-refractivity contribution in [3.63, 3.8) is 0 Å². The number of hydrogen-bond acceptors (Lipinski definition) is 4. The number of halogens is 1. The van der Waals surface area contributed by atoms with Crippen LogP contribution in [0.2, 0.25) is 5.02 Å². The number of carbonyl (C=O) groups is 2. The Kier molecular flexibility index (Phi) is 4.30. The molecule has 1 aliphatic rings. The predicted octanol–water partition coefficient (Wildman–Crippen LogP) is 2.90. The van der Waals surface area contributed by atoms with Crippen molar-refractivity contribution >= 4 is 23.4 Å². The summed E-state index contributed by atoms with van der Waals surface area (Å²) in [6, 6.07) is 8.19. The van der Waals surface area contributed by atoms with Gasteiger partial charge in [-0.05, 0) is 36.6 Å². The fourth-order valence-corrected chi connectivity index (χ4v) is 2.66. The molecule has 1 aromatic carbocycles. The van der Waals surface area contributed by atoms with Crippen molar-refractivity contribution in [1.29, 1.82) is 0 Å². The van der Waals surface area contributed by atoms with Crippen LogP contribution in [0, 0.1) is 0 Å². The number of fused-ring (bicyclic) bond motifs is 1. The van der Waals surface area contributed by atoms with Gasteiger partial charge in [-0.3, -0.25) is 9.59 Å². The van der Waals surface area contributed by atoms with Crippen molar-refractivity contribution in [1.82, 2.24) is 4.98 Å². The zero-order valence-corrected chi connectivity index (χ0v) is 13.0. The number of aryl methyl sites for hydroxylation is 1. The summed E-state index contributed by atoms with van der Waals surface area (Å²) in [6.45, 7) is 0.0282. The number of ether oxygens (including phenoxy) is 1. The molecule has 0 aliphatic heterocycles. The summed E-state index contributed by atoms with van der Waals surface area (Å²) in [6.07, 6.45) is 1.77. The molecule has 1 aromatic heterocycles. The summed E-state index contributed by atoms with van der Waals surface area (Å²) < 4.78 is 5.15. The first-order valence-corrected chi connectivity index (χ1v) is 7.63. The van der Waals surface area contributed by atoms with Gasteiger partial charge in [0, 0.05) is 22.7 Å². The normalized spacial score (nSPS) is 13.5. The lowest BCUT2D eigenvalue weighted by molar-refractivity contribution is 0.0470. The molecular formula is C17H14ClNO4. The molecule has 118 valence electrons. The van der Waals surface area contributed by atoms with E-state index in [0.29, 0.717) is 35.5 Å². The first-order valence-electron chi connectivity index (χ1n) is 7.25. The molecule has 0 saturated carbocycles. The van der Waals surface area contributed by atoms with E-state index in [2.05, 4.69) is 4.98 Å². The van der Waals surface area contributed by atoms with E-state index in [1.165, 1.54) is 6.07 Å². The van der Waals surface area contributed by atoms with Gasteiger partial charge in [-0.1, -0.05) is 23.7 Å². The Morgan fingerprint density at radius 2 is 1.91 bits per heavy atom. The monoisotopic (exact) mass is 331 g/mol. The SMILES string of the molecule is O=C1CCCc2[nH]c(=O)c(C(=O)OCc3ccc(Cl)cc3)cc21. The lowest BCUT2D eigenvalue weighted by atomic mass is 9.94. The van der Waals surface area contributed by atoms with Gasteiger partial charge < -0.3 is 9.72 Å². The Hall–Kier alpha value is -2.40. The molecule has 0 atom stereocenters. The zero-order chi connectivity index (χ0) is 16.4. The van der Waals surface area contributed by atoms with Crippen molar-refractivity contribution in [3.8, 4) is 0 Å². The van der Waals surface area contributed by atoms with Crippen LogP contribution >= 0.6 is 11.6 Å². The van der Waals surface area contributed by atoms with Gasteiger partial charge >= 0.3 is 5.97 Å². The summed E-state index contributed by atoms with van der Waals surface area (Å²) in [5.74, 6) is -0.809. The molecule has 1 aliphatic carbocycles. The van der Waals surface area contributed by atoms with E-state index in [0.717, 1.165) is 5.56 Å². The average Bonchev–Trinajstić information content (AvgIpc) is 2.54. The molecule has 23 heavy (non-hydrogen) atoms. The Balaban J connectivity index is 1.79. The number of H-pyrrole nitrogens is 1. The summed E-state index contributed by atoms with van der Waals surface area (Å²) in [4.78, 5) is 38.6. The van der Waals surface area contributed by atoms with Crippen LogP contribution in [-0.2, 0) is 17.8 Å². The molecule has 0 unspecified atom stereocenters. The number of carbonyl (C=O) groups excluding carboxylic acids is 2. The van der Waals surface area contributed by atoms with Gasteiger partial charge in [0.1, 0.15) is 12.2 Å². The Labute approximate surface area is 137 Å². The Morgan fingerprint density at radius 3 is 2.65 bits per heavy atom. The maximum atomic E-state index is 12.1. The van der Waals surface area contributed by atoms with Gasteiger partial charge in [0.05, 0.1) is 0 Å². The molecule has 0 saturated heterocycles. The third-order valence-electron chi connectivity index (χ3n) is 3.76. The van der Waals surface area contributed by atoms with Crippen LogP contribution in [0.3, 0.4) is 0 Å². The fraction of sp³-hybridized carbons (Fsp3) is 0.235. The molecule has 2 aromatic rings. The minimum atomic E-state index is -0.748. The second kappa shape index (κ2) is 6.38. The van der Waals surface area contributed by atoms with Gasteiger partial charge in [0.25, 0.3) is 5.56 Å². The van der Waals surface area contributed by atoms with Crippen LogP contribution < -0.4 is 5.56 Å². The maximum Gasteiger partial charge on any atom is 0.344 e. The number of rotatable bonds is 3. The molecular weight excluding hydrogens is 318 g/mol. The van der Waals surface area contributed by atoms with Crippen LogP contribution in [0.25, 0.3) is 0 Å². The van der Waals surface area contributed by atoms with Crippen molar-refractivity contribution in [2.24, 2.45) is 0 Å². The highest BCUT2D eigenvalue weighted by molar-refractivity contribution is 6.30. The Morgan fingerprint density at radius 1 is 1.17 bits per heavy atom. The van der Waals surface area contributed by atoms with Gasteiger partial charge in [-0.25, -0.2) is 4.79 Å². The molecule has 1 N–H and O–H groups in total. The first-order chi connectivity index (χ1) is 11.0. The zero-order valence-electron chi connectivity index (χ0n) is 12.2. The molecule has 1 heterocycles. The minimum absolute atomic E-state index is 0.0282. The number of benzene rings is 1. The molecule has 6 heteroatoms. The summed E-state index contributed by atoms with van der Waals surface area (Å²) in [5, 5.41) is 0.588. The highest BCUT2D eigenvalue weighted by Crippen LogP contribution is 2.19. The third-order valence-corrected chi connectivity index (χ3v) is 4.01. The summed E-state index contributed by atoms with van der Waals surface area (Å²) >= 11 is 5.79. The molecule has 0 spiro atoms. The number of ketones is 1. The van der Waals surface area contributed by atoms with Crippen LogP contribution in [-0.4, -0.2) is 16.7 Å². The lowest BCUT2D eigenvalue weighted by Gasteiger charge is -2.14. The largest absolute Gasteiger partial charge is 0.457 e. The predicted molar refractivity (Wildman–Crippen MR) is 84.9 cm³/mol. The molecule has 0 bridgehead atoms. The number of Topliss-reactive ketones (excluding diaryl/α,β-unsaturated/α-hetero) is 1. The average molecular weight is 332 g/mol. The molecule has 3 rings (SSSR count). The van der Waals surface area contributed by atoms with E-state index in [1.807, 2.05) is 0 Å². The fourth-order valence-electron chi connectivity index (χ4n) is 2.53. The number of aromatic amines is 1. The third kappa shape index (κ3) is 3.35. The first kappa shape index (κ1) is 15.5. The number of esters is 1. The van der Waals surface area contributed by atoms with E-state index in [-0.39, 0.29) is 18.0 Å². The van der Waals surface area contributed by atoms with Gasteiger partial charge in [0.2, 0.25) is 0 Å².